The summed E-state index contributed by atoms with van der Waals surface area (Å²) < 4.78 is 7.14. The molecule has 1 amide bonds. The van der Waals surface area contributed by atoms with E-state index >= 15 is 0 Å². The Hall–Kier alpha value is -3.65. The average Bonchev–Trinajstić information content (AvgIpc) is 3.49. The number of nitrogens with zero attached hydrogens (tertiary/aromatic N) is 5. The van der Waals surface area contributed by atoms with Crippen molar-refractivity contribution in [2.45, 2.75) is 24.9 Å². The number of piperazine rings is 1. The van der Waals surface area contributed by atoms with Crippen LogP contribution in [0.25, 0.3) is 21.8 Å². The SMILES string of the molecule is COc1ccc(C2CN3CCCC3CN2C(=O)c2ccc3nc(N)c4cnn(C)c4c3c2)cc1. The van der Waals surface area contributed by atoms with Crippen LogP contribution in [0, 0.1) is 0 Å². The van der Waals surface area contributed by atoms with Crippen LogP contribution in [0.15, 0.2) is 48.7 Å². The number of fused-ring (bicyclic) bond motifs is 4. The van der Waals surface area contributed by atoms with Gasteiger partial charge in [0.05, 0.1) is 35.8 Å². The number of pyridine rings is 1. The van der Waals surface area contributed by atoms with E-state index in [9.17, 15) is 4.79 Å². The maximum Gasteiger partial charge on any atom is 0.254 e. The molecule has 174 valence electrons. The molecule has 0 aliphatic carbocycles. The second-order valence-electron chi connectivity index (χ2n) is 9.30. The van der Waals surface area contributed by atoms with E-state index in [0.29, 0.717) is 17.4 Å². The van der Waals surface area contributed by atoms with Gasteiger partial charge in [-0.15, -0.1) is 0 Å². The molecule has 0 saturated carbocycles. The molecule has 2 unspecified atom stereocenters. The molecule has 2 atom stereocenters. The van der Waals surface area contributed by atoms with Gasteiger partial charge in [-0.1, -0.05) is 12.1 Å². The molecule has 2 aliphatic heterocycles. The number of aryl methyl sites for hydroxylation is 1. The summed E-state index contributed by atoms with van der Waals surface area (Å²) in [7, 11) is 3.55. The Balaban J connectivity index is 1.42. The normalized spacial score (nSPS) is 20.7. The fourth-order valence-corrected chi connectivity index (χ4v) is 5.61. The van der Waals surface area contributed by atoms with Crippen LogP contribution < -0.4 is 10.5 Å². The summed E-state index contributed by atoms with van der Waals surface area (Å²) in [5, 5.41) is 6.04. The van der Waals surface area contributed by atoms with Gasteiger partial charge in [0.1, 0.15) is 11.6 Å². The van der Waals surface area contributed by atoms with Crippen molar-refractivity contribution in [1.82, 2.24) is 24.6 Å². The van der Waals surface area contributed by atoms with Crippen LogP contribution in [0.3, 0.4) is 0 Å². The molecule has 2 N–H and O–H groups in total. The second-order valence-corrected chi connectivity index (χ2v) is 9.30. The van der Waals surface area contributed by atoms with Gasteiger partial charge in [-0.2, -0.15) is 5.10 Å². The lowest BCUT2D eigenvalue weighted by Gasteiger charge is -2.44. The van der Waals surface area contributed by atoms with Gasteiger partial charge in [-0.25, -0.2) is 4.98 Å². The molecule has 4 heterocycles. The number of hydrogen-bond donors (Lipinski definition) is 1. The topological polar surface area (TPSA) is 89.5 Å². The number of rotatable bonds is 3. The Kier molecular flexibility index (Phi) is 4.91. The molecule has 8 nitrogen and oxygen atoms in total. The first-order chi connectivity index (χ1) is 16.5. The third-order valence-corrected chi connectivity index (χ3v) is 7.41. The number of aromatic nitrogens is 3. The predicted octanol–water partition coefficient (Wildman–Crippen LogP) is 3.37. The fourth-order valence-electron chi connectivity index (χ4n) is 5.61. The first-order valence-corrected chi connectivity index (χ1v) is 11.7. The summed E-state index contributed by atoms with van der Waals surface area (Å²) in [4.78, 5) is 23.1. The van der Waals surface area contributed by atoms with Gasteiger partial charge in [0, 0.05) is 37.1 Å². The van der Waals surface area contributed by atoms with Crippen molar-refractivity contribution in [3.05, 3.63) is 59.8 Å². The van der Waals surface area contributed by atoms with E-state index in [1.807, 2.05) is 37.4 Å². The summed E-state index contributed by atoms with van der Waals surface area (Å²) >= 11 is 0. The molecular weight excluding hydrogens is 428 g/mol. The number of hydrogen-bond acceptors (Lipinski definition) is 6. The van der Waals surface area contributed by atoms with Crippen LogP contribution in [-0.4, -0.2) is 63.3 Å². The molecule has 0 spiro atoms. The van der Waals surface area contributed by atoms with E-state index < -0.39 is 0 Å². The number of benzene rings is 2. The molecule has 0 radical (unpaired) electrons. The van der Waals surface area contributed by atoms with Crippen molar-refractivity contribution >= 4 is 33.5 Å². The minimum atomic E-state index is -0.00952. The zero-order chi connectivity index (χ0) is 23.4. The molecule has 34 heavy (non-hydrogen) atoms. The van der Waals surface area contributed by atoms with Crippen LogP contribution >= 0.6 is 0 Å². The van der Waals surface area contributed by atoms with E-state index in [1.165, 1.54) is 6.42 Å². The number of carbonyl (C=O) groups excluding carboxylic acids is 1. The second kappa shape index (κ2) is 7.99. The number of nitrogen functional groups attached to an aromatic ring is 1. The Labute approximate surface area is 197 Å². The molecule has 2 aromatic carbocycles. The zero-order valence-corrected chi connectivity index (χ0v) is 19.4. The van der Waals surface area contributed by atoms with Crippen LogP contribution in [-0.2, 0) is 7.05 Å². The maximum atomic E-state index is 14.0. The quantitative estimate of drug-likeness (QED) is 0.508. The third kappa shape index (κ3) is 3.28. The largest absolute Gasteiger partial charge is 0.497 e. The van der Waals surface area contributed by atoms with Crippen molar-refractivity contribution in [1.29, 1.82) is 0 Å². The fraction of sp³-hybridized carbons (Fsp3) is 0.346. The lowest BCUT2D eigenvalue weighted by Crippen LogP contribution is -2.53. The van der Waals surface area contributed by atoms with Crippen LogP contribution in [0.2, 0.25) is 0 Å². The molecule has 2 fully saturated rings. The first-order valence-electron chi connectivity index (χ1n) is 11.7. The summed E-state index contributed by atoms with van der Waals surface area (Å²) in [6, 6.07) is 14.2. The molecule has 8 heteroatoms. The van der Waals surface area contributed by atoms with E-state index in [2.05, 4.69) is 32.0 Å². The molecule has 2 aliphatic rings. The van der Waals surface area contributed by atoms with E-state index in [1.54, 1.807) is 18.0 Å². The van der Waals surface area contributed by atoms with E-state index in [0.717, 1.165) is 59.2 Å². The van der Waals surface area contributed by atoms with Gasteiger partial charge in [0.2, 0.25) is 0 Å². The van der Waals surface area contributed by atoms with Crippen LogP contribution in [0.5, 0.6) is 5.75 Å². The minimum absolute atomic E-state index is 0.00952. The third-order valence-electron chi connectivity index (χ3n) is 7.41. The van der Waals surface area contributed by atoms with Gasteiger partial charge < -0.3 is 15.4 Å². The predicted molar refractivity (Wildman–Crippen MR) is 132 cm³/mol. The monoisotopic (exact) mass is 456 g/mol. The lowest BCUT2D eigenvalue weighted by molar-refractivity contribution is 0.0349. The molecular formula is C26H28N6O2. The maximum absolute atomic E-state index is 14.0. The van der Waals surface area contributed by atoms with Crippen LogP contribution in [0.1, 0.15) is 34.8 Å². The highest BCUT2D eigenvalue weighted by Gasteiger charge is 2.39. The van der Waals surface area contributed by atoms with Gasteiger partial charge in [-0.3, -0.25) is 14.4 Å². The number of amides is 1. The molecule has 0 bridgehead atoms. The molecule has 2 aromatic heterocycles. The van der Waals surface area contributed by atoms with Crippen molar-refractivity contribution in [3.8, 4) is 5.75 Å². The Morgan fingerprint density at radius 3 is 2.74 bits per heavy atom. The summed E-state index contributed by atoms with van der Waals surface area (Å²) in [5.74, 6) is 1.31. The number of nitrogens with two attached hydrogens (primary N) is 1. The molecule has 2 saturated heterocycles. The number of ether oxygens (including phenoxy) is 1. The zero-order valence-electron chi connectivity index (χ0n) is 19.4. The lowest BCUT2D eigenvalue weighted by atomic mass is 9.98. The highest BCUT2D eigenvalue weighted by molar-refractivity contribution is 6.10. The number of carbonyl (C=O) groups is 1. The number of methoxy groups -OCH3 is 1. The Bertz CT molecular complexity index is 1400. The summed E-state index contributed by atoms with van der Waals surface area (Å²) in [6.07, 6.45) is 4.05. The van der Waals surface area contributed by atoms with Crippen molar-refractivity contribution in [2.75, 3.05) is 32.5 Å². The average molecular weight is 457 g/mol. The highest BCUT2D eigenvalue weighted by atomic mass is 16.5. The molecule has 4 aromatic rings. The van der Waals surface area contributed by atoms with Gasteiger partial charge in [0.25, 0.3) is 5.91 Å². The number of anilines is 1. The Morgan fingerprint density at radius 2 is 1.94 bits per heavy atom. The van der Waals surface area contributed by atoms with Crippen molar-refractivity contribution in [3.63, 3.8) is 0 Å². The smallest absolute Gasteiger partial charge is 0.254 e. The minimum Gasteiger partial charge on any atom is -0.497 e. The van der Waals surface area contributed by atoms with Crippen molar-refractivity contribution in [2.24, 2.45) is 7.05 Å². The molecule has 6 rings (SSSR count). The van der Waals surface area contributed by atoms with Gasteiger partial charge in [-0.05, 0) is 55.3 Å². The van der Waals surface area contributed by atoms with E-state index in [-0.39, 0.29) is 11.9 Å². The summed E-state index contributed by atoms with van der Waals surface area (Å²) in [5.41, 5.74) is 9.59. The standard InChI is InChI=1S/C26H28N6O2/c1-30-24-20-12-17(7-10-22(20)29-25(27)21(24)13-28-30)26(33)32-14-18-4-3-11-31(18)15-23(32)16-5-8-19(34-2)9-6-16/h5-10,12-13,18,23H,3-4,11,14-15H2,1-2H3,(H2,27,29). The highest BCUT2D eigenvalue weighted by Crippen LogP contribution is 2.35. The summed E-state index contributed by atoms with van der Waals surface area (Å²) in [6.45, 7) is 2.68. The van der Waals surface area contributed by atoms with Gasteiger partial charge in [0.15, 0.2) is 0 Å². The Morgan fingerprint density at radius 1 is 1.12 bits per heavy atom. The van der Waals surface area contributed by atoms with Crippen molar-refractivity contribution < 1.29 is 9.53 Å². The van der Waals surface area contributed by atoms with Crippen LogP contribution in [0.4, 0.5) is 5.82 Å². The first kappa shape index (κ1) is 20.9. The van der Waals surface area contributed by atoms with Gasteiger partial charge >= 0.3 is 0 Å². The van der Waals surface area contributed by atoms with E-state index in [4.69, 9.17) is 10.5 Å².